The highest BCUT2D eigenvalue weighted by Crippen LogP contribution is 2.28. The summed E-state index contributed by atoms with van der Waals surface area (Å²) in [4.78, 5) is 22.5. The Bertz CT molecular complexity index is 881. The molecule has 0 unspecified atom stereocenters. The van der Waals surface area contributed by atoms with Crippen LogP contribution in [-0.2, 0) is 4.79 Å². The van der Waals surface area contributed by atoms with Crippen LogP contribution < -0.4 is 20.1 Å². The van der Waals surface area contributed by atoms with Crippen molar-refractivity contribution in [2.24, 2.45) is 0 Å². The van der Waals surface area contributed by atoms with Crippen LogP contribution in [0.25, 0.3) is 6.08 Å². The second-order valence-corrected chi connectivity index (χ2v) is 5.60. The molecule has 0 atom stereocenters. The van der Waals surface area contributed by atoms with Gasteiger partial charge in [0.2, 0.25) is 5.91 Å². The van der Waals surface area contributed by atoms with Crippen molar-refractivity contribution in [1.82, 2.24) is 5.32 Å². The van der Waals surface area contributed by atoms with Crippen LogP contribution in [0.2, 0.25) is 0 Å². The van der Waals surface area contributed by atoms with Gasteiger partial charge >= 0.3 is 0 Å². The Hall–Kier alpha value is -3.46. The van der Waals surface area contributed by atoms with Gasteiger partial charge in [0, 0.05) is 6.08 Å². The van der Waals surface area contributed by atoms with E-state index in [4.69, 9.17) is 21.7 Å². The first kappa shape index (κ1) is 19.9. The summed E-state index contributed by atoms with van der Waals surface area (Å²) < 4.78 is 10.0. The van der Waals surface area contributed by atoms with Crippen LogP contribution in [0.3, 0.4) is 0 Å². The number of ether oxygens (including phenoxy) is 2. The molecule has 0 heterocycles. The fraction of sp³-hybridized carbons (Fsp3) is 0.111. The number of anilines is 1. The lowest BCUT2D eigenvalue weighted by atomic mass is 10.2. The smallest absolute Gasteiger partial charge is 0.296 e. The number of carbonyl (C=O) groups is 1. The number of rotatable bonds is 6. The number of thiocarbonyl (C=S) groups is 1. The quantitative estimate of drug-likeness (QED) is 0.340. The van der Waals surface area contributed by atoms with Crippen LogP contribution >= 0.6 is 12.2 Å². The molecule has 8 nitrogen and oxygen atoms in total. The van der Waals surface area contributed by atoms with Crippen LogP contribution in [0.5, 0.6) is 11.5 Å². The number of methoxy groups -OCH3 is 2. The van der Waals surface area contributed by atoms with E-state index in [1.807, 2.05) is 0 Å². The molecule has 0 aliphatic rings. The Morgan fingerprint density at radius 3 is 2.33 bits per heavy atom. The molecule has 2 aromatic rings. The lowest BCUT2D eigenvalue weighted by molar-refractivity contribution is -0.384. The lowest BCUT2D eigenvalue weighted by Gasteiger charge is -2.09. The average molecular weight is 387 g/mol. The second-order valence-electron chi connectivity index (χ2n) is 5.19. The first-order chi connectivity index (χ1) is 12.9. The third-order valence-corrected chi connectivity index (χ3v) is 3.63. The minimum Gasteiger partial charge on any atom is -0.497 e. The summed E-state index contributed by atoms with van der Waals surface area (Å²) in [5.41, 5.74) is 0.723. The van der Waals surface area contributed by atoms with Crippen molar-refractivity contribution in [2.75, 3.05) is 19.5 Å². The summed E-state index contributed by atoms with van der Waals surface area (Å²) in [5.74, 6) is 0.576. The van der Waals surface area contributed by atoms with Crippen molar-refractivity contribution in [3.05, 3.63) is 64.2 Å². The van der Waals surface area contributed by atoms with Gasteiger partial charge in [-0.2, -0.15) is 0 Å². The lowest BCUT2D eigenvalue weighted by Crippen LogP contribution is -2.33. The molecule has 0 saturated heterocycles. The molecule has 9 heteroatoms. The molecule has 2 rings (SSSR count). The fourth-order valence-corrected chi connectivity index (χ4v) is 2.30. The number of amides is 1. The average Bonchev–Trinajstić information content (AvgIpc) is 2.66. The molecule has 2 aromatic carbocycles. The predicted molar refractivity (Wildman–Crippen MR) is 106 cm³/mol. The highest BCUT2D eigenvalue weighted by molar-refractivity contribution is 7.80. The van der Waals surface area contributed by atoms with E-state index < -0.39 is 10.8 Å². The zero-order valence-electron chi connectivity index (χ0n) is 14.6. The zero-order valence-corrected chi connectivity index (χ0v) is 15.4. The van der Waals surface area contributed by atoms with Gasteiger partial charge in [-0.1, -0.05) is 12.1 Å². The molecule has 2 N–H and O–H groups in total. The maximum absolute atomic E-state index is 12.0. The van der Waals surface area contributed by atoms with Gasteiger partial charge in [-0.05, 0) is 48.1 Å². The number of hydrogen-bond acceptors (Lipinski definition) is 6. The number of nitro benzene ring substituents is 1. The second kappa shape index (κ2) is 9.30. The maximum atomic E-state index is 12.0. The van der Waals surface area contributed by atoms with Gasteiger partial charge in [-0.15, -0.1) is 0 Å². The molecule has 0 aliphatic heterocycles. The maximum Gasteiger partial charge on any atom is 0.296 e. The van der Waals surface area contributed by atoms with Crippen LogP contribution in [0.1, 0.15) is 5.56 Å². The third kappa shape index (κ3) is 5.79. The van der Waals surface area contributed by atoms with Gasteiger partial charge in [0.15, 0.2) is 5.11 Å². The highest BCUT2D eigenvalue weighted by atomic mass is 32.1. The first-order valence-corrected chi connectivity index (χ1v) is 8.10. The van der Waals surface area contributed by atoms with E-state index in [2.05, 4.69) is 10.6 Å². The van der Waals surface area contributed by atoms with E-state index in [1.54, 1.807) is 43.5 Å². The van der Waals surface area contributed by atoms with Crippen molar-refractivity contribution >= 4 is 40.7 Å². The topological polar surface area (TPSA) is 103 Å². The Kier molecular flexibility index (Phi) is 6.84. The largest absolute Gasteiger partial charge is 0.497 e. The van der Waals surface area contributed by atoms with E-state index >= 15 is 0 Å². The molecule has 1 amide bonds. The Labute approximate surface area is 160 Å². The van der Waals surface area contributed by atoms with E-state index in [0.29, 0.717) is 11.5 Å². The fourth-order valence-electron chi connectivity index (χ4n) is 2.09. The van der Waals surface area contributed by atoms with Crippen LogP contribution in [-0.4, -0.2) is 30.2 Å². The number of nitrogens with zero attached hydrogens (tertiary/aromatic N) is 1. The van der Waals surface area contributed by atoms with Gasteiger partial charge < -0.3 is 14.8 Å². The Morgan fingerprint density at radius 1 is 1.11 bits per heavy atom. The molecule has 0 bridgehead atoms. The summed E-state index contributed by atoms with van der Waals surface area (Å²) in [6.07, 6.45) is 2.91. The van der Waals surface area contributed by atoms with E-state index in [9.17, 15) is 14.9 Å². The molecule has 0 radical (unpaired) electrons. The molecule has 140 valence electrons. The summed E-state index contributed by atoms with van der Waals surface area (Å²) >= 11 is 5.04. The Balaban J connectivity index is 1.99. The van der Waals surface area contributed by atoms with Crippen LogP contribution in [0.4, 0.5) is 11.4 Å². The van der Waals surface area contributed by atoms with Gasteiger partial charge in [0.1, 0.15) is 17.2 Å². The molecule has 0 aliphatic carbocycles. The van der Waals surface area contributed by atoms with Gasteiger partial charge in [-0.3, -0.25) is 20.2 Å². The van der Waals surface area contributed by atoms with Crippen LogP contribution in [0, 0.1) is 10.1 Å². The molecular weight excluding hydrogens is 370 g/mol. The molecule has 0 aromatic heterocycles. The minimum absolute atomic E-state index is 0.0624. The summed E-state index contributed by atoms with van der Waals surface area (Å²) in [6, 6.07) is 11.4. The van der Waals surface area contributed by atoms with Gasteiger partial charge in [-0.25, -0.2) is 0 Å². The van der Waals surface area contributed by atoms with Crippen molar-refractivity contribution < 1.29 is 19.2 Å². The molecule has 27 heavy (non-hydrogen) atoms. The molecule has 0 spiro atoms. The predicted octanol–water partition coefficient (Wildman–Crippen LogP) is 3.14. The Morgan fingerprint density at radius 2 is 1.74 bits per heavy atom. The first-order valence-electron chi connectivity index (χ1n) is 7.69. The van der Waals surface area contributed by atoms with Crippen molar-refractivity contribution in [2.45, 2.75) is 0 Å². The van der Waals surface area contributed by atoms with E-state index in [0.717, 1.165) is 5.56 Å². The standard InChI is InChI=1S/C18H17N3O5S/c1-25-13-6-3-12(4-7-13)5-10-17(22)20-18(27)19-15-9-8-14(26-2)11-16(15)21(23)24/h3-11H,1-2H3,(H2,19,20,22,27)/b10-5+. The van der Waals surface area contributed by atoms with E-state index in [1.165, 1.54) is 25.3 Å². The van der Waals surface area contributed by atoms with Crippen LogP contribution in [0.15, 0.2) is 48.5 Å². The van der Waals surface area contributed by atoms with Gasteiger partial charge in [0.25, 0.3) is 5.69 Å². The molecule has 0 fully saturated rings. The molecule has 0 saturated carbocycles. The van der Waals surface area contributed by atoms with Crippen molar-refractivity contribution in [3.8, 4) is 11.5 Å². The summed E-state index contributed by atoms with van der Waals surface area (Å²) in [7, 11) is 2.98. The summed E-state index contributed by atoms with van der Waals surface area (Å²) in [6.45, 7) is 0. The summed E-state index contributed by atoms with van der Waals surface area (Å²) in [5, 5.41) is 16.2. The number of nitrogens with one attached hydrogen (secondary N) is 2. The SMILES string of the molecule is COc1ccc(/C=C/C(=O)NC(=S)Nc2ccc(OC)cc2[N+](=O)[O-])cc1. The minimum atomic E-state index is -0.571. The van der Waals surface area contributed by atoms with E-state index in [-0.39, 0.29) is 16.5 Å². The van der Waals surface area contributed by atoms with Gasteiger partial charge in [0.05, 0.1) is 25.2 Å². The highest BCUT2D eigenvalue weighted by Gasteiger charge is 2.16. The number of carbonyl (C=O) groups excluding carboxylic acids is 1. The van der Waals surface area contributed by atoms with Crippen molar-refractivity contribution in [1.29, 1.82) is 0 Å². The zero-order chi connectivity index (χ0) is 19.8. The molecular formula is C18H17N3O5S. The number of nitro groups is 1. The normalized spacial score (nSPS) is 10.3. The van der Waals surface area contributed by atoms with Crippen molar-refractivity contribution in [3.63, 3.8) is 0 Å². The number of benzene rings is 2. The monoisotopic (exact) mass is 387 g/mol. The number of hydrogen-bond donors (Lipinski definition) is 2. The third-order valence-electron chi connectivity index (χ3n) is 3.43.